The van der Waals surface area contributed by atoms with Gasteiger partial charge in [-0.25, -0.2) is 4.98 Å². The van der Waals surface area contributed by atoms with Crippen LogP contribution in [-0.2, 0) is 18.4 Å². The molecule has 1 unspecified atom stereocenters. The van der Waals surface area contributed by atoms with Gasteiger partial charge in [0, 0.05) is 19.3 Å². The number of aromatic nitrogens is 2. The van der Waals surface area contributed by atoms with Crippen LogP contribution in [0.25, 0.3) is 0 Å². The van der Waals surface area contributed by atoms with Gasteiger partial charge in [-0.2, -0.15) is 0 Å². The summed E-state index contributed by atoms with van der Waals surface area (Å²) in [7, 11) is 1.86. The van der Waals surface area contributed by atoms with Gasteiger partial charge in [-0.05, 0) is 25.0 Å². The van der Waals surface area contributed by atoms with Gasteiger partial charge in [0.2, 0.25) is 5.91 Å². The Morgan fingerprint density at radius 1 is 1.36 bits per heavy atom. The number of piperidine rings is 1. The molecule has 1 aliphatic heterocycles. The van der Waals surface area contributed by atoms with E-state index in [1.807, 2.05) is 46.8 Å². The quantitative estimate of drug-likeness (QED) is 0.939. The molecule has 3 rings (SSSR count). The molecule has 1 saturated heterocycles. The summed E-state index contributed by atoms with van der Waals surface area (Å²) in [4.78, 5) is 18.9. The second kappa shape index (κ2) is 6.54. The van der Waals surface area contributed by atoms with E-state index in [4.69, 9.17) is 0 Å². The number of para-hydroxylation sites is 1. The van der Waals surface area contributed by atoms with Crippen molar-refractivity contribution in [1.82, 2.24) is 9.55 Å². The van der Waals surface area contributed by atoms with Crippen molar-refractivity contribution in [3.05, 3.63) is 42.2 Å². The van der Waals surface area contributed by atoms with Crippen LogP contribution < -0.4 is 4.90 Å². The van der Waals surface area contributed by atoms with Crippen LogP contribution in [-0.4, -0.2) is 32.4 Å². The Hall–Kier alpha value is -1.79. The second-order valence-electron chi connectivity index (χ2n) is 5.32. The number of thioether (sulfide) groups is 1. The minimum atomic E-state index is -0.124. The van der Waals surface area contributed by atoms with Crippen molar-refractivity contribution in [3.63, 3.8) is 0 Å². The fourth-order valence-electron chi connectivity index (χ4n) is 2.63. The van der Waals surface area contributed by atoms with Crippen molar-refractivity contribution in [2.24, 2.45) is 7.05 Å². The van der Waals surface area contributed by atoms with E-state index in [0.29, 0.717) is 0 Å². The molecule has 0 aliphatic carbocycles. The molecule has 0 bridgehead atoms. The van der Waals surface area contributed by atoms with Crippen molar-refractivity contribution in [2.75, 3.05) is 11.4 Å². The number of amides is 1. The van der Waals surface area contributed by atoms with Crippen molar-refractivity contribution >= 4 is 23.4 Å². The zero-order valence-corrected chi connectivity index (χ0v) is 13.3. The molecule has 6 heteroatoms. The highest BCUT2D eigenvalue weighted by atomic mass is 32.2. The van der Waals surface area contributed by atoms with E-state index in [2.05, 4.69) is 4.98 Å². The summed E-state index contributed by atoms with van der Waals surface area (Å²) in [6.07, 6.45) is 3.49. The van der Waals surface area contributed by atoms with E-state index in [-0.39, 0.29) is 17.8 Å². The van der Waals surface area contributed by atoms with Gasteiger partial charge in [0.25, 0.3) is 0 Å². The molecular weight excluding hydrogens is 298 g/mol. The highest BCUT2D eigenvalue weighted by Crippen LogP contribution is 2.31. The fraction of sp³-hybridized carbons (Fsp3) is 0.375. The van der Waals surface area contributed by atoms with Gasteiger partial charge in [0.15, 0.2) is 5.16 Å². The molecule has 0 radical (unpaired) electrons. The minimum absolute atomic E-state index is 0.0428. The molecule has 1 aromatic heterocycles. The van der Waals surface area contributed by atoms with Crippen molar-refractivity contribution in [2.45, 2.75) is 29.9 Å². The van der Waals surface area contributed by atoms with Crippen molar-refractivity contribution in [3.8, 4) is 0 Å². The maximum atomic E-state index is 12.7. The predicted molar refractivity (Wildman–Crippen MR) is 86.8 cm³/mol. The number of hydrogen-bond acceptors (Lipinski definition) is 4. The zero-order chi connectivity index (χ0) is 15.5. The van der Waals surface area contributed by atoms with Crippen LogP contribution in [0.4, 0.5) is 5.69 Å². The molecule has 1 atom stereocenters. The van der Waals surface area contributed by atoms with E-state index in [1.54, 1.807) is 6.20 Å². The molecule has 1 N–H and O–H groups in total. The third-order valence-corrected chi connectivity index (χ3v) is 5.22. The lowest BCUT2D eigenvalue weighted by atomic mass is 10.1. The summed E-state index contributed by atoms with van der Waals surface area (Å²) in [5.41, 5.74) is 1.71. The molecule has 1 aliphatic rings. The predicted octanol–water partition coefficient (Wildman–Crippen LogP) is 2.20. The Morgan fingerprint density at radius 3 is 2.82 bits per heavy atom. The lowest BCUT2D eigenvalue weighted by Gasteiger charge is -2.31. The molecule has 0 spiro atoms. The Labute approximate surface area is 134 Å². The number of rotatable bonds is 4. The first kappa shape index (κ1) is 15.1. The van der Waals surface area contributed by atoms with E-state index in [0.717, 1.165) is 35.9 Å². The van der Waals surface area contributed by atoms with Gasteiger partial charge in [-0.1, -0.05) is 30.0 Å². The number of carbonyl (C=O) groups is 1. The Morgan fingerprint density at radius 2 is 2.14 bits per heavy atom. The number of benzene rings is 1. The van der Waals surface area contributed by atoms with Gasteiger partial charge in [0.1, 0.15) is 0 Å². The molecule has 1 amide bonds. The molecule has 5 nitrogen and oxygen atoms in total. The molecule has 22 heavy (non-hydrogen) atoms. The third kappa shape index (κ3) is 2.89. The first-order valence-corrected chi connectivity index (χ1v) is 8.23. The summed E-state index contributed by atoms with van der Waals surface area (Å²) in [5, 5.41) is 9.89. The van der Waals surface area contributed by atoms with Crippen molar-refractivity contribution in [1.29, 1.82) is 0 Å². The molecular formula is C16H19N3O2S. The zero-order valence-electron chi connectivity index (χ0n) is 12.5. The van der Waals surface area contributed by atoms with Crippen LogP contribution in [0.2, 0.25) is 0 Å². The summed E-state index contributed by atoms with van der Waals surface area (Å²) in [6, 6.07) is 9.79. The Bertz CT molecular complexity index is 657. The molecule has 2 aromatic rings. The molecule has 116 valence electrons. The van der Waals surface area contributed by atoms with Gasteiger partial charge in [-0.15, -0.1) is 0 Å². The standard InChI is InChI=1S/C16H19N3O2S/c1-18-13(11-20)10-17-16(18)22-14-8-5-9-19(15(14)21)12-6-3-2-4-7-12/h2-4,6-7,10,14,20H,5,8-9,11H2,1H3. The molecule has 1 fully saturated rings. The van der Waals surface area contributed by atoms with Crippen LogP contribution in [0.3, 0.4) is 0 Å². The maximum absolute atomic E-state index is 12.7. The largest absolute Gasteiger partial charge is 0.390 e. The molecule has 0 saturated carbocycles. The highest BCUT2D eigenvalue weighted by molar-refractivity contribution is 8.00. The normalized spacial score (nSPS) is 18.7. The number of imidazole rings is 1. The minimum Gasteiger partial charge on any atom is -0.390 e. The van der Waals surface area contributed by atoms with E-state index < -0.39 is 0 Å². The summed E-state index contributed by atoms with van der Waals surface area (Å²) in [6.45, 7) is 0.723. The number of aliphatic hydroxyl groups excluding tert-OH is 1. The first-order valence-electron chi connectivity index (χ1n) is 7.35. The Kier molecular flexibility index (Phi) is 4.49. The number of aliphatic hydroxyl groups is 1. The van der Waals surface area contributed by atoms with E-state index in [1.165, 1.54) is 11.8 Å². The van der Waals surface area contributed by atoms with Crippen molar-refractivity contribution < 1.29 is 9.90 Å². The van der Waals surface area contributed by atoms with Crippen LogP contribution in [0, 0.1) is 0 Å². The molecule has 2 heterocycles. The summed E-state index contributed by atoms with van der Waals surface area (Å²) < 4.78 is 1.85. The third-order valence-electron chi connectivity index (χ3n) is 3.91. The van der Waals surface area contributed by atoms with Gasteiger partial charge in [-0.3, -0.25) is 4.79 Å². The van der Waals surface area contributed by atoms with Crippen LogP contribution in [0.15, 0.2) is 41.7 Å². The smallest absolute Gasteiger partial charge is 0.240 e. The maximum Gasteiger partial charge on any atom is 0.240 e. The SMILES string of the molecule is Cn1c(CO)cnc1SC1CCCN(c2ccccc2)C1=O. The lowest BCUT2D eigenvalue weighted by Crippen LogP contribution is -2.43. The highest BCUT2D eigenvalue weighted by Gasteiger charge is 2.31. The van der Waals surface area contributed by atoms with Gasteiger partial charge >= 0.3 is 0 Å². The Balaban J connectivity index is 1.77. The monoisotopic (exact) mass is 317 g/mol. The average molecular weight is 317 g/mol. The number of anilines is 1. The van der Waals surface area contributed by atoms with Crippen LogP contribution >= 0.6 is 11.8 Å². The number of nitrogens with zero attached hydrogens (tertiary/aromatic N) is 3. The first-order chi connectivity index (χ1) is 10.7. The lowest BCUT2D eigenvalue weighted by molar-refractivity contribution is -0.119. The second-order valence-corrected chi connectivity index (χ2v) is 6.49. The summed E-state index contributed by atoms with van der Waals surface area (Å²) in [5.74, 6) is 0.135. The van der Waals surface area contributed by atoms with Crippen LogP contribution in [0.1, 0.15) is 18.5 Å². The summed E-state index contributed by atoms with van der Waals surface area (Å²) >= 11 is 1.48. The van der Waals surface area contributed by atoms with E-state index >= 15 is 0 Å². The molecule has 1 aromatic carbocycles. The van der Waals surface area contributed by atoms with Gasteiger partial charge in [0.05, 0.1) is 23.7 Å². The van der Waals surface area contributed by atoms with Gasteiger partial charge < -0.3 is 14.6 Å². The number of carbonyl (C=O) groups excluding carboxylic acids is 1. The topological polar surface area (TPSA) is 58.4 Å². The van der Waals surface area contributed by atoms with E-state index in [9.17, 15) is 9.90 Å². The number of hydrogen-bond donors (Lipinski definition) is 1. The fourth-order valence-corrected chi connectivity index (χ4v) is 3.78. The average Bonchev–Trinajstić information content (AvgIpc) is 2.90. The van der Waals surface area contributed by atoms with Crippen LogP contribution in [0.5, 0.6) is 0 Å².